The lowest BCUT2D eigenvalue weighted by molar-refractivity contribution is -0.117. The Morgan fingerprint density at radius 1 is 1.30 bits per heavy atom. The van der Waals surface area contributed by atoms with Gasteiger partial charge in [0.2, 0.25) is 5.91 Å². The molecule has 1 amide bonds. The Hall–Kier alpha value is -1.82. The minimum absolute atomic E-state index is 0.0123. The first-order valence-electron chi connectivity index (χ1n) is 8.05. The molecule has 1 aromatic heterocycles. The monoisotopic (exact) mass is 331 g/mol. The van der Waals surface area contributed by atoms with Crippen LogP contribution in [-0.4, -0.2) is 20.7 Å². The Morgan fingerprint density at radius 2 is 2.00 bits per heavy atom. The van der Waals surface area contributed by atoms with Gasteiger partial charge >= 0.3 is 0 Å². The van der Waals surface area contributed by atoms with E-state index in [1.807, 2.05) is 24.3 Å². The lowest BCUT2D eigenvalue weighted by atomic mass is 9.95. The fourth-order valence-electron chi connectivity index (χ4n) is 3.09. The number of nitrogens with zero attached hydrogens (tertiary/aromatic N) is 2. The summed E-state index contributed by atoms with van der Waals surface area (Å²) in [6.45, 7) is 1.75. The number of aromatic nitrogens is 2. The minimum atomic E-state index is -0.419. The maximum Gasteiger partial charge on any atom is 0.262 e. The van der Waals surface area contributed by atoms with Gasteiger partial charge in [-0.1, -0.05) is 43.2 Å². The van der Waals surface area contributed by atoms with E-state index in [1.165, 1.54) is 18.2 Å². The van der Waals surface area contributed by atoms with Gasteiger partial charge in [0.25, 0.3) is 5.56 Å². The third-order valence-corrected chi connectivity index (χ3v) is 5.48. The number of carbonyl (C=O) groups is 1. The van der Waals surface area contributed by atoms with E-state index in [2.05, 4.69) is 4.98 Å². The fourth-order valence-corrected chi connectivity index (χ4v) is 4.02. The molecule has 1 atom stereocenters. The van der Waals surface area contributed by atoms with E-state index in [0.29, 0.717) is 16.1 Å². The molecule has 1 aliphatic carbocycles. The van der Waals surface area contributed by atoms with Crippen molar-refractivity contribution in [3.63, 3.8) is 0 Å². The highest BCUT2D eigenvalue weighted by Crippen LogP contribution is 2.32. The number of fused-ring (bicyclic) bond motifs is 1. The summed E-state index contributed by atoms with van der Waals surface area (Å²) in [7, 11) is 0. The van der Waals surface area contributed by atoms with Crippen LogP contribution in [0.2, 0.25) is 0 Å². The highest BCUT2D eigenvalue weighted by Gasteiger charge is 2.23. The van der Waals surface area contributed by atoms with Crippen molar-refractivity contribution in [1.29, 1.82) is 0 Å². The normalized spacial score (nSPS) is 17.3. The van der Waals surface area contributed by atoms with Gasteiger partial charge in [-0.2, -0.15) is 0 Å². The van der Waals surface area contributed by atoms with Gasteiger partial charge < -0.3 is 5.73 Å². The third-order valence-electron chi connectivity index (χ3n) is 4.40. The molecule has 1 saturated carbocycles. The Bertz CT molecular complexity index is 781. The Labute approximate surface area is 139 Å². The van der Waals surface area contributed by atoms with Gasteiger partial charge in [-0.15, -0.1) is 0 Å². The zero-order valence-corrected chi connectivity index (χ0v) is 14.0. The molecule has 1 heterocycles. The summed E-state index contributed by atoms with van der Waals surface area (Å²) in [4.78, 5) is 29.1. The number of thioether (sulfide) groups is 1. The summed E-state index contributed by atoms with van der Waals surface area (Å²) in [6, 6.07) is 7.54. The van der Waals surface area contributed by atoms with E-state index < -0.39 is 11.2 Å². The van der Waals surface area contributed by atoms with Crippen LogP contribution in [0.1, 0.15) is 45.1 Å². The predicted molar refractivity (Wildman–Crippen MR) is 92.6 cm³/mol. The molecule has 1 aromatic carbocycles. The molecule has 2 N–H and O–H groups in total. The number of rotatable bonds is 4. The second-order valence-corrected chi connectivity index (χ2v) is 7.35. The molecule has 3 rings (SSSR count). The third kappa shape index (κ3) is 3.27. The summed E-state index contributed by atoms with van der Waals surface area (Å²) in [5.74, 6) is -0.396. The van der Waals surface area contributed by atoms with Crippen molar-refractivity contribution in [2.24, 2.45) is 5.73 Å². The molecule has 0 saturated heterocycles. The smallest absolute Gasteiger partial charge is 0.262 e. The van der Waals surface area contributed by atoms with E-state index >= 15 is 0 Å². The highest BCUT2D eigenvalue weighted by molar-refractivity contribution is 8.00. The molecule has 0 aliphatic heterocycles. The second kappa shape index (κ2) is 6.74. The van der Waals surface area contributed by atoms with E-state index in [4.69, 9.17) is 5.73 Å². The van der Waals surface area contributed by atoms with Crippen molar-refractivity contribution in [1.82, 2.24) is 9.55 Å². The average Bonchev–Trinajstić information content (AvgIpc) is 2.56. The van der Waals surface area contributed by atoms with Crippen molar-refractivity contribution in [2.75, 3.05) is 0 Å². The van der Waals surface area contributed by atoms with Crippen LogP contribution in [0.25, 0.3) is 10.9 Å². The second-order valence-electron chi connectivity index (χ2n) is 6.04. The largest absolute Gasteiger partial charge is 0.369 e. The van der Waals surface area contributed by atoms with Crippen LogP contribution >= 0.6 is 11.8 Å². The molecule has 23 heavy (non-hydrogen) atoms. The number of primary amides is 1. The van der Waals surface area contributed by atoms with Gasteiger partial charge in [-0.3, -0.25) is 14.2 Å². The number of amides is 1. The number of hydrogen-bond donors (Lipinski definition) is 1. The molecule has 6 heteroatoms. The van der Waals surface area contributed by atoms with Crippen LogP contribution in [0.3, 0.4) is 0 Å². The molecule has 1 aliphatic rings. The van der Waals surface area contributed by atoms with Gasteiger partial charge in [0.1, 0.15) is 0 Å². The van der Waals surface area contributed by atoms with Gasteiger partial charge in [0, 0.05) is 6.04 Å². The van der Waals surface area contributed by atoms with E-state index in [0.717, 1.165) is 25.7 Å². The zero-order chi connectivity index (χ0) is 16.4. The van der Waals surface area contributed by atoms with Crippen molar-refractivity contribution in [3.8, 4) is 0 Å². The van der Waals surface area contributed by atoms with Crippen molar-refractivity contribution >= 4 is 28.6 Å². The number of benzene rings is 1. The molecule has 0 unspecified atom stereocenters. The molecule has 0 radical (unpaired) electrons. The Balaban J connectivity index is 2.14. The summed E-state index contributed by atoms with van der Waals surface area (Å²) < 4.78 is 1.80. The number of para-hydroxylation sites is 1. The van der Waals surface area contributed by atoms with Crippen molar-refractivity contribution < 1.29 is 4.79 Å². The van der Waals surface area contributed by atoms with Crippen molar-refractivity contribution in [3.05, 3.63) is 34.6 Å². The average molecular weight is 331 g/mol. The van der Waals surface area contributed by atoms with Gasteiger partial charge in [-0.05, 0) is 31.9 Å². The maximum absolute atomic E-state index is 13.0. The molecule has 0 spiro atoms. The zero-order valence-electron chi connectivity index (χ0n) is 13.2. The van der Waals surface area contributed by atoms with Gasteiger partial charge in [0.05, 0.1) is 16.2 Å². The molecule has 1 fully saturated rings. The Kier molecular flexibility index (Phi) is 4.71. The first-order valence-corrected chi connectivity index (χ1v) is 8.93. The minimum Gasteiger partial charge on any atom is -0.369 e. The summed E-state index contributed by atoms with van der Waals surface area (Å²) in [5, 5.41) is 0.818. The number of carbonyl (C=O) groups excluding carboxylic acids is 1. The van der Waals surface area contributed by atoms with Crippen LogP contribution in [0.15, 0.2) is 34.2 Å². The topological polar surface area (TPSA) is 78.0 Å². The van der Waals surface area contributed by atoms with Crippen LogP contribution in [0, 0.1) is 0 Å². The van der Waals surface area contributed by atoms with Crippen LogP contribution in [0.4, 0.5) is 0 Å². The quantitative estimate of drug-likeness (QED) is 0.690. The number of hydrogen-bond acceptors (Lipinski definition) is 4. The highest BCUT2D eigenvalue weighted by atomic mass is 32.2. The number of nitrogens with two attached hydrogens (primary N) is 1. The maximum atomic E-state index is 13.0. The van der Waals surface area contributed by atoms with Crippen LogP contribution in [0.5, 0.6) is 0 Å². The van der Waals surface area contributed by atoms with E-state index in [1.54, 1.807) is 11.5 Å². The molecular formula is C17H21N3O2S. The van der Waals surface area contributed by atoms with E-state index in [-0.39, 0.29) is 11.6 Å². The van der Waals surface area contributed by atoms with E-state index in [9.17, 15) is 9.59 Å². The Morgan fingerprint density at radius 3 is 2.70 bits per heavy atom. The standard InChI is InChI=1S/C17H21N3O2S/c1-11(15(18)21)23-17-19-14-10-6-5-9-13(14)16(22)20(17)12-7-3-2-4-8-12/h5-6,9-12H,2-4,7-8H2,1H3,(H2,18,21)/t11-/m0/s1. The SMILES string of the molecule is C[C@H](Sc1nc2ccccc2c(=O)n1C1CCCCC1)C(N)=O. The molecule has 5 nitrogen and oxygen atoms in total. The first-order chi connectivity index (χ1) is 11.1. The summed E-state index contributed by atoms with van der Waals surface area (Å²) in [5.41, 5.74) is 6.05. The van der Waals surface area contributed by atoms with Crippen LogP contribution < -0.4 is 11.3 Å². The predicted octanol–water partition coefficient (Wildman–Crippen LogP) is 2.87. The van der Waals surface area contributed by atoms with Gasteiger partial charge in [-0.25, -0.2) is 4.98 Å². The van der Waals surface area contributed by atoms with Crippen molar-refractivity contribution in [2.45, 2.75) is 55.5 Å². The molecule has 0 bridgehead atoms. The fraction of sp³-hybridized carbons (Fsp3) is 0.471. The molecular weight excluding hydrogens is 310 g/mol. The lowest BCUT2D eigenvalue weighted by Crippen LogP contribution is -2.30. The van der Waals surface area contributed by atoms with Gasteiger partial charge in [0.15, 0.2) is 5.16 Å². The lowest BCUT2D eigenvalue weighted by Gasteiger charge is -2.26. The molecule has 122 valence electrons. The summed E-state index contributed by atoms with van der Waals surface area (Å²) in [6.07, 6.45) is 5.43. The molecule has 2 aromatic rings. The van der Waals surface area contributed by atoms with Crippen LogP contribution in [-0.2, 0) is 4.79 Å². The summed E-state index contributed by atoms with van der Waals surface area (Å²) >= 11 is 1.28. The first kappa shape index (κ1) is 16.1.